The first-order valence-corrected chi connectivity index (χ1v) is 15.2. The number of benzene rings is 3. The van der Waals surface area contributed by atoms with Crippen molar-refractivity contribution in [2.45, 2.75) is 57.5 Å². The number of esters is 1. The predicted molar refractivity (Wildman–Crippen MR) is 151 cm³/mol. The van der Waals surface area contributed by atoms with Gasteiger partial charge < -0.3 is 13.7 Å². The van der Waals surface area contributed by atoms with E-state index in [4.69, 9.17) is 9.47 Å². The molecule has 1 saturated heterocycles. The van der Waals surface area contributed by atoms with Crippen LogP contribution in [-0.2, 0) is 50.1 Å². The van der Waals surface area contributed by atoms with Crippen molar-refractivity contribution < 1.29 is 53.2 Å². The zero-order valence-electron chi connectivity index (χ0n) is 24.1. The average Bonchev–Trinajstić information content (AvgIpc) is 3.74. The quantitative estimate of drug-likeness (QED) is 0.0785. The van der Waals surface area contributed by atoms with Gasteiger partial charge >= 0.3 is 27.8 Å². The molecule has 1 fully saturated rings. The first kappa shape index (κ1) is 34.2. The number of rotatable bonds is 13. The van der Waals surface area contributed by atoms with Crippen LogP contribution in [0, 0.1) is 0 Å². The fourth-order valence-electron chi connectivity index (χ4n) is 4.62. The third-order valence-corrected chi connectivity index (χ3v) is 7.83. The summed E-state index contributed by atoms with van der Waals surface area (Å²) in [6, 6.07) is 15.3. The maximum Gasteiger partial charge on any atom is 0.534 e. The SMILES string of the molecule is CCOC(=O)Cc1ccc(OS(=O)(=O)C(F)(F)F)c(-c2ccc(C(F)(F)F)cc2CN(CC)C2OC2NCc2ccccc2)c1. The van der Waals surface area contributed by atoms with Crippen molar-refractivity contribution in [3.8, 4) is 16.9 Å². The Morgan fingerprint density at radius 2 is 1.64 bits per heavy atom. The number of likely N-dealkylation sites (N-methyl/N-ethyl adjacent to an activating group) is 1. The molecule has 1 N–H and O–H groups in total. The number of carbonyl (C=O) groups is 1. The van der Waals surface area contributed by atoms with E-state index in [1.807, 2.05) is 30.3 Å². The topological polar surface area (TPSA) is 97.5 Å². The van der Waals surface area contributed by atoms with Crippen molar-refractivity contribution in [1.82, 2.24) is 10.2 Å². The Kier molecular flexibility index (Phi) is 10.5. The Bertz CT molecular complexity index is 1600. The molecule has 0 saturated carbocycles. The second-order valence-corrected chi connectivity index (χ2v) is 11.6. The van der Waals surface area contributed by atoms with Crippen LogP contribution in [0.25, 0.3) is 11.1 Å². The van der Waals surface area contributed by atoms with Gasteiger partial charge in [-0.3, -0.25) is 15.0 Å². The monoisotopic (exact) mass is 660 g/mol. The Labute approximate surface area is 256 Å². The number of epoxide rings is 1. The van der Waals surface area contributed by atoms with Crippen LogP contribution < -0.4 is 9.50 Å². The van der Waals surface area contributed by atoms with Crippen LogP contribution in [0.2, 0.25) is 0 Å². The second kappa shape index (κ2) is 13.8. The molecule has 1 heterocycles. The van der Waals surface area contributed by atoms with Crippen molar-refractivity contribution in [1.29, 1.82) is 0 Å². The number of alkyl halides is 6. The lowest BCUT2D eigenvalue weighted by Crippen LogP contribution is -2.32. The van der Waals surface area contributed by atoms with Gasteiger partial charge in [0.05, 0.1) is 18.6 Å². The van der Waals surface area contributed by atoms with Gasteiger partial charge in [0.2, 0.25) is 0 Å². The van der Waals surface area contributed by atoms with Crippen molar-refractivity contribution in [3.63, 3.8) is 0 Å². The molecular formula is C30H30F6N2O6S. The summed E-state index contributed by atoms with van der Waals surface area (Å²) in [6.07, 6.45) is -6.07. The lowest BCUT2D eigenvalue weighted by atomic mass is 9.94. The lowest BCUT2D eigenvalue weighted by molar-refractivity contribution is -0.142. The van der Waals surface area contributed by atoms with E-state index in [1.165, 1.54) is 12.1 Å². The van der Waals surface area contributed by atoms with Gasteiger partial charge in [-0.15, -0.1) is 0 Å². The molecule has 2 unspecified atom stereocenters. The number of carbonyl (C=O) groups excluding carboxylic acids is 1. The van der Waals surface area contributed by atoms with Crippen LogP contribution in [0.15, 0.2) is 66.7 Å². The zero-order chi connectivity index (χ0) is 33.0. The molecular weight excluding hydrogens is 630 g/mol. The highest BCUT2D eigenvalue weighted by Gasteiger charge is 2.49. The highest BCUT2D eigenvalue weighted by molar-refractivity contribution is 7.88. The van der Waals surface area contributed by atoms with E-state index in [2.05, 4.69) is 9.50 Å². The minimum absolute atomic E-state index is 0.00604. The number of nitrogens with zero attached hydrogens (tertiary/aromatic N) is 1. The highest BCUT2D eigenvalue weighted by Crippen LogP contribution is 2.40. The molecule has 4 rings (SSSR count). The molecule has 8 nitrogen and oxygen atoms in total. The smallest absolute Gasteiger partial charge is 0.466 e. The van der Waals surface area contributed by atoms with Gasteiger partial charge in [0.25, 0.3) is 0 Å². The van der Waals surface area contributed by atoms with E-state index in [1.54, 1.807) is 18.7 Å². The summed E-state index contributed by atoms with van der Waals surface area (Å²) in [6.45, 7) is 4.01. The molecule has 0 aromatic heterocycles. The summed E-state index contributed by atoms with van der Waals surface area (Å²) < 4.78 is 120. The molecule has 0 amide bonds. The molecule has 0 spiro atoms. The second-order valence-electron chi connectivity index (χ2n) is 10.0. The zero-order valence-corrected chi connectivity index (χ0v) is 24.9. The van der Waals surface area contributed by atoms with Crippen molar-refractivity contribution in [3.05, 3.63) is 89.0 Å². The van der Waals surface area contributed by atoms with Crippen LogP contribution in [-0.4, -0.2) is 50.4 Å². The normalized spacial score (nSPS) is 16.9. The maximum atomic E-state index is 13.8. The molecule has 3 aromatic rings. The van der Waals surface area contributed by atoms with E-state index >= 15 is 0 Å². The van der Waals surface area contributed by atoms with Crippen LogP contribution in [0.4, 0.5) is 26.3 Å². The minimum Gasteiger partial charge on any atom is -0.466 e. The number of hydrogen-bond acceptors (Lipinski definition) is 8. The number of nitrogens with one attached hydrogen (secondary N) is 1. The molecule has 0 bridgehead atoms. The molecule has 2 atom stereocenters. The van der Waals surface area contributed by atoms with Gasteiger partial charge in [0, 0.05) is 18.7 Å². The Hall–Kier alpha value is -3.66. The molecule has 45 heavy (non-hydrogen) atoms. The van der Waals surface area contributed by atoms with Gasteiger partial charge in [-0.2, -0.15) is 34.8 Å². The van der Waals surface area contributed by atoms with E-state index in [9.17, 15) is 39.6 Å². The van der Waals surface area contributed by atoms with Crippen molar-refractivity contribution >= 4 is 16.1 Å². The Morgan fingerprint density at radius 1 is 0.933 bits per heavy atom. The predicted octanol–water partition coefficient (Wildman–Crippen LogP) is 6.00. The van der Waals surface area contributed by atoms with Crippen LogP contribution >= 0.6 is 0 Å². The van der Waals surface area contributed by atoms with E-state index in [-0.39, 0.29) is 41.8 Å². The lowest BCUT2D eigenvalue weighted by Gasteiger charge is -2.23. The summed E-state index contributed by atoms with van der Waals surface area (Å²) in [5.41, 5.74) is -5.91. The standard InChI is InChI=1S/C30H30F6N2O6S/c1-3-38(28-27(43-28)37-17-19-8-6-5-7-9-19)18-21-16-22(29(31,32)33)11-12-23(21)24-14-20(15-26(39)42-4-2)10-13-25(24)44-45(40,41)30(34,35)36/h5-14,16,27-28,37H,3-4,15,17-18H2,1-2H3. The third kappa shape index (κ3) is 8.75. The summed E-state index contributed by atoms with van der Waals surface area (Å²) in [4.78, 5) is 13.8. The number of ether oxygens (including phenoxy) is 2. The first-order valence-electron chi connectivity index (χ1n) is 13.8. The van der Waals surface area contributed by atoms with E-state index in [0.29, 0.717) is 13.1 Å². The first-order chi connectivity index (χ1) is 21.1. The van der Waals surface area contributed by atoms with Crippen molar-refractivity contribution in [2.24, 2.45) is 0 Å². The fourth-order valence-corrected chi connectivity index (χ4v) is 5.10. The van der Waals surface area contributed by atoms with Gasteiger partial charge in [0.15, 0.2) is 18.2 Å². The summed E-state index contributed by atoms with van der Waals surface area (Å²) >= 11 is 0. The summed E-state index contributed by atoms with van der Waals surface area (Å²) in [7, 11) is -6.15. The van der Waals surface area contributed by atoms with Crippen molar-refractivity contribution in [2.75, 3.05) is 13.2 Å². The highest BCUT2D eigenvalue weighted by atomic mass is 32.2. The van der Waals surface area contributed by atoms with Gasteiger partial charge in [0.1, 0.15) is 0 Å². The fraction of sp³-hybridized carbons (Fsp3) is 0.367. The third-order valence-electron chi connectivity index (χ3n) is 6.86. The molecule has 244 valence electrons. The molecule has 1 aliphatic heterocycles. The molecule has 0 radical (unpaired) electrons. The van der Waals surface area contributed by atoms with Crippen LogP contribution in [0.5, 0.6) is 5.75 Å². The van der Waals surface area contributed by atoms with Gasteiger partial charge in [-0.05, 0) is 60.0 Å². The average molecular weight is 661 g/mol. The number of halogens is 6. The number of hydrogen-bond donors (Lipinski definition) is 1. The summed E-state index contributed by atoms with van der Waals surface area (Å²) in [5.74, 6) is -1.46. The Morgan fingerprint density at radius 3 is 2.27 bits per heavy atom. The van der Waals surface area contributed by atoms with Gasteiger partial charge in [-0.25, -0.2) is 0 Å². The largest absolute Gasteiger partial charge is 0.534 e. The molecule has 1 aliphatic rings. The molecule has 0 aliphatic carbocycles. The van der Waals surface area contributed by atoms with E-state index < -0.39 is 51.5 Å². The van der Waals surface area contributed by atoms with Gasteiger partial charge in [-0.1, -0.05) is 49.4 Å². The van der Waals surface area contributed by atoms with E-state index in [0.717, 1.165) is 29.8 Å². The Balaban J connectivity index is 1.73. The molecule has 3 aromatic carbocycles. The molecule has 15 heteroatoms. The minimum atomic E-state index is -6.15. The summed E-state index contributed by atoms with van der Waals surface area (Å²) in [5, 5.41) is 3.21. The van der Waals surface area contributed by atoms with Crippen LogP contribution in [0.1, 0.15) is 36.1 Å². The maximum absolute atomic E-state index is 13.8. The van der Waals surface area contributed by atoms with Crippen LogP contribution in [0.3, 0.4) is 0 Å².